The summed E-state index contributed by atoms with van der Waals surface area (Å²) >= 11 is 8.93. The van der Waals surface area contributed by atoms with Gasteiger partial charge >= 0.3 is 0 Å². The molecule has 0 saturated heterocycles. The van der Waals surface area contributed by atoms with Crippen LogP contribution in [0.25, 0.3) is 36.2 Å². The van der Waals surface area contributed by atoms with Gasteiger partial charge in [0.2, 0.25) is 0 Å². The molecule has 0 aromatic carbocycles. The fraction of sp³-hybridized carbons (Fsp3) is 0.509. The number of fused-ring (bicyclic) bond motifs is 5. The normalized spacial score (nSPS) is 10.0. The van der Waals surface area contributed by atoms with E-state index in [-0.39, 0.29) is 7.43 Å². The van der Waals surface area contributed by atoms with E-state index < -0.39 is 0 Å². The molecule has 0 N–H and O–H groups in total. The number of imidazole rings is 1. The number of hydrogen-bond acceptors (Lipinski definition) is 11. The Kier molecular flexibility index (Phi) is 35.1. The Bertz CT molecular complexity index is 2390. The molecule has 11 rings (SSSR count). The number of thiazole rings is 1. The summed E-state index contributed by atoms with van der Waals surface area (Å²) < 4.78 is 13.0. The second-order valence-corrected chi connectivity index (χ2v) is 18.1. The number of rotatable bonds is 0. The fourth-order valence-corrected chi connectivity index (χ4v) is 11.2. The minimum atomic E-state index is 0. The third-order valence-electron chi connectivity index (χ3n) is 9.33. The molecule has 0 saturated carbocycles. The van der Waals surface area contributed by atoms with Crippen LogP contribution in [0.15, 0.2) is 57.5 Å². The monoisotopic (exact) mass is 1050 g/mol. The number of aromatic nitrogens is 12. The van der Waals surface area contributed by atoms with Crippen LogP contribution in [0.2, 0.25) is 0 Å². The lowest BCUT2D eigenvalue weighted by atomic mass is 10.2. The molecule has 10 aromatic heterocycles. The molecule has 0 radical (unpaired) electrons. The fourth-order valence-electron chi connectivity index (χ4n) is 6.49. The molecule has 70 heavy (non-hydrogen) atoms. The summed E-state index contributed by atoms with van der Waals surface area (Å²) in [6.07, 6.45) is 3.98. The lowest BCUT2D eigenvalue weighted by Gasteiger charge is -1.92. The van der Waals surface area contributed by atoms with E-state index in [4.69, 9.17) is 0 Å². The number of thioether (sulfide) groups is 1. The highest BCUT2D eigenvalue weighted by molar-refractivity contribution is 7.98. The van der Waals surface area contributed by atoms with Crippen LogP contribution in [0.3, 0.4) is 0 Å². The van der Waals surface area contributed by atoms with Crippen LogP contribution in [0.1, 0.15) is 142 Å². The molecule has 17 heteroatoms. The van der Waals surface area contributed by atoms with Gasteiger partial charge in [-0.05, 0) is 77.4 Å². The molecule has 1 aliphatic heterocycles. The average molecular weight is 1060 g/mol. The van der Waals surface area contributed by atoms with Crippen LogP contribution in [0.5, 0.6) is 0 Å². The molecule has 0 atom stereocenters. The van der Waals surface area contributed by atoms with Gasteiger partial charge in [-0.25, -0.2) is 4.98 Å². The van der Waals surface area contributed by atoms with Crippen LogP contribution in [-0.4, -0.2) is 58.3 Å². The third-order valence-corrected chi connectivity index (χ3v) is 14.0. The third kappa shape index (κ3) is 18.9. The number of hydrogen-bond donors (Lipinski definition) is 0. The minimum absolute atomic E-state index is 0. The zero-order valence-electron chi connectivity index (χ0n) is 46.6. The first-order chi connectivity index (χ1) is 33.2. The van der Waals surface area contributed by atoms with E-state index in [0.29, 0.717) is 0 Å². The predicted molar refractivity (Wildman–Crippen MR) is 318 cm³/mol. The number of aryl methyl sites for hydroxylation is 12. The van der Waals surface area contributed by atoms with E-state index in [1.807, 2.05) is 203 Å². The lowest BCUT2D eigenvalue weighted by molar-refractivity contribution is 0.728. The van der Waals surface area contributed by atoms with Crippen molar-refractivity contribution in [2.75, 3.05) is 0 Å². The van der Waals surface area contributed by atoms with E-state index in [0.717, 1.165) is 45.8 Å². The molecule has 0 bridgehead atoms. The molecular weight excluding hydrogens is 965 g/mol. The van der Waals surface area contributed by atoms with Crippen LogP contribution in [-0.2, 0) is 46.7 Å². The Labute approximate surface area is 443 Å². The first-order valence-corrected chi connectivity index (χ1v) is 29.0. The smallest absolute Gasteiger partial charge is 0.122 e. The van der Waals surface area contributed by atoms with Crippen LogP contribution >= 0.6 is 57.1 Å². The number of thiophene rings is 3. The van der Waals surface area contributed by atoms with Gasteiger partial charge in [0.1, 0.15) is 15.5 Å². The van der Waals surface area contributed by atoms with Gasteiger partial charge in [-0.3, -0.25) is 27.8 Å². The van der Waals surface area contributed by atoms with Crippen molar-refractivity contribution in [3.63, 3.8) is 0 Å². The van der Waals surface area contributed by atoms with Gasteiger partial charge in [-0.15, -0.1) is 45.3 Å². The maximum Gasteiger partial charge on any atom is 0.122 e. The second-order valence-electron chi connectivity index (χ2n) is 13.7. The van der Waals surface area contributed by atoms with E-state index in [1.54, 1.807) is 50.0 Å². The van der Waals surface area contributed by atoms with Crippen molar-refractivity contribution in [1.29, 1.82) is 0 Å². The Hall–Kier alpha value is -4.55. The molecule has 0 spiro atoms. The molecule has 0 aliphatic carbocycles. The van der Waals surface area contributed by atoms with Crippen molar-refractivity contribution < 1.29 is 0 Å². The van der Waals surface area contributed by atoms with E-state index in [1.165, 1.54) is 53.1 Å². The topological polar surface area (TPSA) is 106 Å². The highest BCUT2D eigenvalue weighted by Gasteiger charge is 2.18. The SMILES string of the molecule is C.CC.CC.CC.CC.CC.CC.Cc1ccn(C)n1.Cc1nc(C)n2ccsc12.Cc1nn(C)c2c1CSC2.Cc1nn(C)c2ccsc12.Cc1nn(C)c2cscc12.Cc1nn(C)c2sccc12. The summed E-state index contributed by atoms with van der Waals surface area (Å²) in [4.78, 5) is 6.85. The summed E-state index contributed by atoms with van der Waals surface area (Å²) in [5.41, 5.74) is 12.2. The Morgan fingerprint density at radius 2 is 1.01 bits per heavy atom. The molecule has 12 nitrogen and oxygen atoms in total. The molecule has 392 valence electrons. The van der Waals surface area contributed by atoms with Crippen LogP contribution in [0.4, 0.5) is 0 Å². The largest absolute Gasteiger partial charge is 0.294 e. The maximum absolute atomic E-state index is 4.34. The van der Waals surface area contributed by atoms with Crippen LogP contribution in [0, 0.1) is 48.5 Å². The van der Waals surface area contributed by atoms with Crippen LogP contribution < -0.4 is 0 Å². The molecular formula is C53H90N12S5. The van der Waals surface area contributed by atoms with Crippen molar-refractivity contribution in [1.82, 2.24) is 58.3 Å². The minimum Gasteiger partial charge on any atom is -0.294 e. The van der Waals surface area contributed by atoms with Gasteiger partial charge in [0, 0.05) is 91.6 Å². The van der Waals surface area contributed by atoms with Gasteiger partial charge in [0.25, 0.3) is 0 Å². The van der Waals surface area contributed by atoms with Crippen molar-refractivity contribution in [2.24, 2.45) is 35.2 Å². The van der Waals surface area contributed by atoms with Crippen molar-refractivity contribution in [3.8, 4) is 0 Å². The zero-order chi connectivity index (χ0) is 53.0. The highest BCUT2D eigenvalue weighted by atomic mass is 32.2. The first-order valence-electron chi connectivity index (χ1n) is 24.3. The molecule has 0 fully saturated rings. The second kappa shape index (κ2) is 36.4. The highest BCUT2D eigenvalue weighted by Crippen LogP contribution is 2.31. The van der Waals surface area contributed by atoms with Gasteiger partial charge in [-0.2, -0.15) is 37.3 Å². The van der Waals surface area contributed by atoms with Crippen molar-refractivity contribution in [2.45, 2.75) is 150 Å². The van der Waals surface area contributed by atoms with E-state index >= 15 is 0 Å². The average Bonchev–Trinajstić information content (AvgIpc) is 4.21. The lowest BCUT2D eigenvalue weighted by Crippen LogP contribution is -1.94. The quantitative estimate of drug-likeness (QED) is 0.149. The summed E-state index contributed by atoms with van der Waals surface area (Å²) in [7, 11) is 9.86. The molecule has 0 amide bonds. The Morgan fingerprint density at radius 3 is 1.53 bits per heavy atom. The summed E-state index contributed by atoms with van der Waals surface area (Å²) in [6, 6.07) is 6.18. The standard InChI is InChI=1S/C7H10N2S.4C7H8N2S.C5H8N2.6C2H6.CH4/c2*1-5-6-3-10-4-7(6)9(2)8-5;1-5-7-6(3-4-10-7)9(2)8-5;1-5-6-3-4-10-7(6)9(2)8-5;1-5-7-9(3-4-10-7)6(2)8-5;1-5-3-4-7(2)6-5;6*1-2;/h3-4H2,1-2H3;4*3-4H,1-2H3;3-4H,1-2H3;6*1-2H3;1H4. The molecule has 0 unspecified atom stereocenters. The Morgan fingerprint density at radius 1 is 0.471 bits per heavy atom. The molecule has 1 aliphatic rings. The molecule has 10 aromatic rings. The van der Waals surface area contributed by atoms with Crippen molar-refractivity contribution in [3.05, 3.63) is 109 Å². The number of nitrogens with zero attached hydrogens (tertiary/aromatic N) is 12. The van der Waals surface area contributed by atoms with Gasteiger partial charge in [-0.1, -0.05) is 90.5 Å². The van der Waals surface area contributed by atoms with Gasteiger partial charge in [0.05, 0.1) is 55.6 Å². The van der Waals surface area contributed by atoms with E-state index in [2.05, 4.69) is 87.0 Å². The first kappa shape index (κ1) is 67.5. The Balaban J connectivity index is 0. The van der Waals surface area contributed by atoms with Gasteiger partial charge < -0.3 is 0 Å². The maximum atomic E-state index is 4.34. The molecule has 11 heterocycles. The predicted octanol–water partition coefficient (Wildman–Crippen LogP) is 16.8. The van der Waals surface area contributed by atoms with E-state index in [9.17, 15) is 0 Å². The summed E-state index contributed by atoms with van der Waals surface area (Å²) in [6.45, 7) is 38.2. The van der Waals surface area contributed by atoms with Crippen molar-refractivity contribution >= 4 is 93.3 Å². The summed E-state index contributed by atoms with van der Waals surface area (Å²) in [5, 5.41) is 34.3. The summed E-state index contributed by atoms with van der Waals surface area (Å²) in [5.74, 6) is 3.38. The van der Waals surface area contributed by atoms with Gasteiger partial charge in [0.15, 0.2) is 0 Å². The zero-order valence-corrected chi connectivity index (χ0v) is 50.7.